The van der Waals surface area contributed by atoms with Crippen LogP contribution in [0.3, 0.4) is 0 Å². The first kappa shape index (κ1) is 16.8. The topological polar surface area (TPSA) is 24.5 Å². The molecule has 0 bridgehead atoms. The average molecular weight is 290 g/mol. The highest BCUT2D eigenvalue weighted by atomic mass is 19.4. The van der Waals surface area contributed by atoms with Crippen LogP contribution in [0.25, 0.3) is 0 Å². The number of nitrogens with zero attached hydrogens (tertiary/aromatic N) is 1. The predicted octanol–water partition coefficient (Wildman–Crippen LogP) is 2.73. The summed E-state index contributed by atoms with van der Waals surface area (Å²) in [6, 6.07) is 5.48. The number of anilines is 1. The van der Waals surface area contributed by atoms with Crippen molar-refractivity contribution in [3.05, 3.63) is 29.3 Å². The molecule has 0 aliphatic carbocycles. The fraction of sp³-hybridized carbons (Fsp3) is 0.571. The maximum absolute atomic E-state index is 12.4. The minimum atomic E-state index is -4.19. The minimum Gasteiger partial charge on any atom is -0.383 e. The van der Waals surface area contributed by atoms with Gasteiger partial charge in [-0.1, -0.05) is 12.1 Å². The van der Waals surface area contributed by atoms with Crippen molar-refractivity contribution >= 4 is 5.69 Å². The molecule has 0 radical (unpaired) electrons. The van der Waals surface area contributed by atoms with Gasteiger partial charge in [-0.05, 0) is 24.1 Å². The molecule has 0 unspecified atom stereocenters. The molecule has 6 heteroatoms. The van der Waals surface area contributed by atoms with E-state index in [4.69, 9.17) is 4.74 Å². The molecule has 1 aromatic rings. The smallest absolute Gasteiger partial charge is 0.383 e. The SMILES string of the molecule is COCCNCc1ccc(N(C)CC(F)(F)F)c(C)c1. The van der Waals surface area contributed by atoms with Gasteiger partial charge in [-0.3, -0.25) is 0 Å². The highest BCUT2D eigenvalue weighted by Crippen LogP contribution is 2.24. The van der Waals surface area contributed by atoms with Gasteiger partial charge >= 0.3 is 6.18 Å². The van der Waals surface area contributed by atoms with E-state index in [1.54, 1.807) is 13.2 Å². The van der Waals surface area contributed by atoms with Gasteiger partial charge in [-0.15, -0.1) is 0 Å². The fourth-order valence-corrected chi connectivity index (χ4v) is 2.02. The monoisotopic (exact) mass is 290 g/mol. The maximum atomic E-state index is 12.4. The van der Waals surface area contributed by atoms with E-state index >= 15 is 0 Å². The quantitative estimate of drug-likeness (QED) is 0.782. The van der Waals surface area contributed by atoms with Gasteiger partial charge in [0.05, 0.1) is 6.61 Å². The van der Waals surface area contributed by atoms with E-state index in [0.717, 1.165) is 17.7 Å². The summed E-state index contributed by atoms with van der Waals surface area (Å²) in [5.41, 5.74) is 2.48. The number of hydrogen-bond donors (Lipinski definition) is 1. The van der Waals surface area contributed by atoms with Gasteiger partial charge in [0.25, 0.3) is 0 Å². The van der Waals surface area contributed by atoms with Crippen LogP contribution in [0.2, 0.25) is 0 Å². The molecule has 0 aliphatic rings. The van der Waals surface area contributed by atoms with Crippen LogP contribution < -0.4 is 10.2 Å². The van der Waals surface area contributed by atoms with Crippen molar-refractivity contribution in [1.29, 1.82) is 0 Å². The van der Waals surface area contributed by atoms with Crippen molar-refractivity contribution in [1.82, 2.24) is 5.32 Å². The Kier molecular flexibility index (Phi) is 6.29. The average Bonchev–Trinajstić information content (AvgIpc) is 2.32. The number of ether oxygens (including phenoxy) is 1. The molecule has 0 aromatic heterocycles. The number of alkyl halides is 3. The Morgan fingerprint density at radius 3 is 2.55 bits per heavy atom. The lowest BCUT2D eigenvalue weighted by atomic mass is 10.1. The fourth-order valence-electron chi connectivity index (χ4n) is 2.02. The van der Waals surface area contributed by atoms with Crippen molar-refractivity contribution < 1.29 is 17.9 Å². The second-order valence-electron chi connectivity index (χ2n) is 4.76. The van der Waals surface area contributed by atoms with Crippen LogP contribution >= 0.6 is 0 Å². The number of hydrogen-bond acceptors (Lipinski definition) is 3. The third kappa shape index (κ3) is 5.79. The normalized spacial score (nSPS) is 11.7. The molecule has 114 valence electrons. The van der Waals surface area contributed by atoms with Crippen molar-refractivity contribution in [3.8, 4) is 0 Å². The molecule has 0 heterocycles. The Balaban J connectivity index is 2.63. The second-order valence-corrected chi connectivity index (χ2v) is 4.76. The Labute approximate surface area is 117 Å². The number of nitrogens with one attached hydrogen (secondary N) is 1. The van der Waals surface area contributed by atoms with Crippen LogP contribution in [0, 0.1) is 6.92 Å². The Hall–Kier alpha value is -1.27. The predicted molar refractivity (Wildman–Crippen MR) is 74.1 cm³/mol. The van der Waals surface area contributed by atoms with Gasteiger partial charge in [0.15, 0.2) is 0 Å². The molecule has 0 fully saturated rings. The summed E-state index contributed by atoms with van der Waals surface area (Å²) in [4.78, 5) is 1.22. The summed E-state index contributed by atoms with van der Waals surface area (Å²) in [5.74, 6) is 0. The van der Waals surface area contributed by atoms with Crippen LogP contribution in [0.1, 0.15) is 11.1 Å². The van der Waals surface area contributed by atoms with E-state index in [1.165, 1.54) is 11.9 Å². The molecule has 0 spiro atoms. The summed E-state index contributed by atoms with van der Waals surface area (Å²) >= 11 is 0. The van der Waals surface area contributed by atoms with Crippen LogP contribution in [0.5, 0.6) is 0 Å². The molecule has 0 amide bonds. The van der Waals surface area contributed by atoms with Gasteiger partial charge in [0.2, 0.25) is 0 Å². The molecule has 1 N–H and O–H groups in total. The van der Waals surface area contributed by atoms with Crippen LogP contribution in [0.15, 0.2) is 18.2 Å². The van der Waals surface area contributed by atoms with Crippen molar-refractivity contribution in [2.45, 2.75) is 19.6 Å². The van der Waals surface area contributed by atoms with E-state index in [9.17, 15) is 13.2 Å². The zero-order chi connectivity index (χ0) is 15.2. The van der Waals surface area contributed by atoms with Gasteiger partial charge < -0.3 is 15.0 Å². The maximum Gasteiger partial charge on any atom is 0.405 e. The third-order valence-electron chi connectivity index (χ3n) is 2.90. The van der Waals surface area contributed by atoms with Crippen molar-refractivity contribution in [2.75, 3.05) is 38.8 Å². The van der Waals surface area contributed by atoms with Crippen LogP contribution in [0.4, 0.5) is 18.9 Å². The summed E-state index contributed by atoms with van der Waals surface area (Å²) in [6.07, 6.45) is -4.19. The molecule has 0 aliphatic heterocycles. The van der Waals surface area contributed by atoms with Gasteiger partial charge in [0.1, 0.15) is 6.54 Å². The summed E-state index contributed by atoms with van der Waals surface area (Å²) in [6.45, 7) is 2.92. The van der Waals surface area contributed by atoms with Gasteiger partial charge in [-0.25, -0.2) is 0 Å². The first-order chi connectivity index (χ1) is 9.33. The van der Waals surface area contributed by atoms with Gasteiger partial charge in [0, 0.05) is 32.9 Å². The van der Waals surface area contributed by atoms with E-state index in [1.807, 2.05) is 19.1 Å². The molecule has 0 saturated heterocycles. The molecule has 3 nitrogen and oxygen atoms in total. The molecule has 20 heavy (non-hydrogen) atoms. The molecule has 0 saturated carbocycles. The molecular formula is C14H21F3N2O. The molecule has 1 rings (SSSR count). The van der Waals surface area contributed by atoms with E-state index in [-0.39, 0.29) is 0 Å². The second kappa shape index (κ2) is 7.50. The third-order valence-corrected chi connectivity index (χ3v) is 2.90. The highest BCUT2D eigenvalue weighted by Gasteiger charge is 2.29. The molecule has 1 aromatic carbocycles. The molecule has 0 atom stereocenters. The molecular weight excluding hydrogens is 269 g/mol. The number of aryl methyl sites for hydroxylation is 1. The lowest BCUT2D eigenvalue weighted by Crippen LogP contribution is -2.31. The summed E-state index contributed by atoms with van der Waals surface area (Å²) < 4.78 is 42.1. The van der Waals surface area contributed by atoms with E-state index in [2.05, 4.69) is 5.32 Å². The zero-order valence-corrected chi connectivity index (χ0v) is 12.0. The highest BCUT2D eigenvalue weighted by molar-refractivity contribution is 5.54. The number of halogens is 3. The lowest BCUT2D eigenvalue weighted by Gasteiger charge is -2.23. The number of benzene rings is 1. The Morgan fingerprint density at radius 1 is 1.30 bits per heavy atom. The van der Waals surface area contributed by atoms with Crippen LogP contribution in [-0.4, -0.2) is 40.0 Å². The van der Waals surface area contributed by atoms with Gasteiger partial charge in [-0.2, -0.15) is 13.2 Å². The standard InChI is InChI=1S/C14H21F3N2O/c1-11-8-12(9-18-6-7-20-3)4-5-13(11)19(2)10-14(15,16)17/h4-5,8,18H,6-7,9-10H2,1-3H3. The van der Waals surface area contributed by atoms with E-state index < -0.39 is 12.7 Å². The largest absolute Gasteiger partial charge is 0.405 e. The number of rotatable bonds is 7. The van der Waals surface area contributed by atoms with Crippen molar-refractivity contribution in [3.63, 3.8) is 0 Å². The van der Waals surface area contributed by atoms with Crippen molar-refractivity contribution in [2.24, 2.45) is 0 Å². The van der Waals surface area contributed by atoms with Crippen LogP contribution in [-0.2, 0) is 11.3 Å². The van der Waals surface area contributed by atoms with E-state index in [0.29, 0.717) is 18.8 Å². The zero-order valence-electron chi connectivity index (χ0n) is 12.0. The first-order valence-corrected chi connectivity index (χ1v) is 6.40. The minimum absolute atomic E-state index is 0.600. The number of methoxy groups -OCH3 is 1. The summed E-state index contributed by atoms with van der Waals surface area (Å²) in [7, 11) is 3.09. The first-order valence-electron chi connectivity index (χ1n) is 6.40. The lowest BCUT2D eigenvalue weighted by molar-refractivity contribution is -0.119. The summed E-state index contributed by atoms with van der Waals surface area (Å²) in [5, 5.41) is 3.20. The Morgan fingerprint density at radius 2 is 2.00 bits per heavy atom. The Bertz CT molecular complexity index is 421.